The van der Waals surface area contributed by atoms with Gasteiger partial charge in [0.1, 0.15) is 0 Å². The van der Waals surface area contributed by atoms with E-state index in [1.807, 2.05) is 24.3 Å². The molecule has 0 radical (unpaired) electrons. The molecule has 0 atom stereocenters. The van der Waals surface area contributed by atoms with Crippen molar-refractivity contribution in [3.05, 3.63) is 30.0 Å². The van der Waals surface area contributed by atoms with Gasteiger partial charge in [0.25, 0.3) is 5.91 Å². The number of hydrogen-bond acceptors (Lipinski definition) is 3. The molecule has 3 rings (SSSR count). The summed E-state index contributed by atoms with van der Waals surface area (Å²) in [6.45, 7) is 0.800. The molecule has 118 valence electrons. The number of carbonyl (C=O) groups excluding carboxylic acids is 1. The van der Waals surface area contributed by atoms with E-state index in [0.29, 0.717) is 12.2 Å². The van der Waals surface area contributed by atoms with Crippen molar-refractivity contribution in [1.82, 2.24) is 15.5 Å². The molecule has 0 aliphatic heterocycles. The Morgan fingerprint density at radius 2 is 2.05 bits per heavy atom. The Balaban J connectivity index is 1.71. The summed E-state index contributed by atoms with van der Waals surface area (Å²) in [5.74, 6) is -0.139. The van der Waals surface area contributed by atoms with E-state index in [4.69, 9.17) is 0 Å². The first-order valence-electron chi connectivity index (χ1n) is 8.06. The Labute approximate surface area is 130 Å². The molecule has 0 unspecified atom stereocenters. The van der Waals surface area contributed by atoms with Gasteiger partial charge in [-0.3, -0.25) is 9.89 Å². The number of nitrogens with one attached hydrogen (secondary N) is 2. The second-order valence-corrected chi connectivity index (χ2v) is 6.33. The molecule has 0 spiro atoms. The van der Waals surface area contributed by atoms with Crippen LogP contribution in [0.15, 0.2) is 24.3 Å². The Hall–Kier alpha value is -1.88. The molecular formula is C17H23N3O2. The molecule has 5 nitrogen and oxygen atoms in total. The number of rotatable bonds is 5. The van der Waals surface area contributed by atoms with Gasteiger partial charge in [-0.05, 0) is 30.7 Å². The average molecular weight is 301 g/mol. The predicted octanol–water partition coefficient (Wildman–Crippen LogP) is 2.63. The number of nitrogens with zero attached hydrogens (tertiary/aromatic N) is 1. The fraction of sp³-hybridized carbons (Fsp3) is 0.529. The molecule has 22 heavy (non-hydrogen) atoms. The van der Waals surface area contributed by atoms with E-state index in [2.05, 4.69) is 15.5 Å². The second kappa shape index (κ2) is 6.48. The second-order valence-electron chi connectivity index (χ2n) is 6.33. The zero-order chi connectivity index (χ0) is 15.4. The molecule has 1 aliphatic rings. The van der Waals surface area contributed by atoms with Gasteiger partial charge in [-0.1, -0.05) is 37.5 Å². The quantitative estimate of drug-likeness (QED) is 0.794. The highest BCUT2D eigenvalue weighted by molar-refractivity contribution is 6.04. The van der Waals surface area contributed by atoms with Crippen LogP contribution in [0, 0.1) is 5.41 Å². The summed E-state index contributed by atoms with van der Waals surface area (Å²) in [5.41, 5.74) is 1.37. The number of carbonyl (C=O) groups is 1. The summed E-state index contributed by atoms with van der Waals surface area (Å²) in [4.78, 5) is 12.5. The number of hydrogen-bond donors (Lipinski definition) is 3. The highest BCUT2D eigenvalue weighted by atomic mass is 16.3. The van der Waals surface area contributed by atoms with E-state index >= 15 is 0 Å². The van der Waals surface area contributed by atoms with Crippen LogP contribution in [0.1, 0.15) is 49.0 Å². The fourth-order valence-corrected chi connectivity index (χ4v) is 3.54. The van der Waals surface area contributed by atoms with Crippen LogP contribution in [-0.4, -0.2) is 34.4 Å². The smallest absolute Gasteiger partial charge is 0.272 e. The molecule has 1 aromatic carbocycles. The zero-order valence-corrected chi connectivity index (χ0v) is 12.8. The Morgan fingerprint density at radius 1 is 1.27 bits per heavy atom. The van der Waals surface area contributed by atoms with Crippen LogP contribution in [0.2, 0.25) is 0 Å². The minimum Gasteiger partial charge on any atom is -0.396 e. The molecule has 1 fully saturated rings. The lowest BCUT2D eigenvalue weighted by Crippen LogP contribution is -2.39. The largest absolute Gasteiger partial charge is 0.396 e. The minimum absolute atomic E-state index is 0.0504. The number of aliphatic hydroxyl groups is 1. The number of para-hydroxylation sites is 1. The number of fused-ring (bicyclic) bond motifs is 1. The summed E-state index contributed by atoms with van der Waals surface area (Å²) in [6, 6.07) is 7.63. The van der Waals surface area contributed by atoms with Gasteiger partial charge < -0.3 is 10.4 Å². The molecule has 5 heteroatoms. The maximum Gasteiger partial charge on any atom is 0.272 e. The maximum absolute atomic E-state index is 12.5. The van der Waals surface area contributed by atoms with Gasteiger partial charge in [0, 0.05) is 18.5 Å². The number of aromatic amines is 1. The SMILES string of the molecule is O=C(NCC1(CCO)CCCCC1)c1n[nH]c2ccccc12. The summed E-state index contributed by atoms with van der Waals surface area (Å²) < 4.78 is 0. The van der Waals surface area contributed by atoms with Crippen LogP contribution in [0.25, 0.3) is 10.9 Å². The van der Waals surface area contributed by atoms with E-state index in [0.717, 1.165) is 30.2 Å². The lowest BCUT2D eigenvalue weighted by Gasteiger charge is -2.37. The van der Waals surface area contributed by atoms with Gasteiger partial charge in [-0.25, -0.2) is 0 Å². The van der Waals surface area contributed by atoms with Crippen LogP contribution in [0.4, 0.5) is 0 Å². The summed E-state index contributed by atoms with van der Waals surface area (Å²) in [7, 11) is 0. The van der Waals surface area contributed by atoms with Crippen molar-refractivity contribution in [1.29, 1.82) is 0 Å². The summed E-state index contributed by atoms with van der Waals surface area (Å²) >= 11 is 0. The van der Waals surface area contributed by atoms with Gasteiger partial charge in [0.2, 0.25) is 0 Å². The predicted molar refractivity (Wildman–Crippen MR) is 85.6 cm³/mol. The standard InChI is InChI=1S/C17H23N3O2/c21-11-10-17(8-4-1-5-9-17)12-18-16(22)15-13-6-2-3-7-14(13)19-20-15/h2-3,6-7,21H,1,4-5,8-12H2,(H,18,22)(H,19,20). The fourth-order valence-electron chi connectivity index (χ4n) is 3.54. The Morgan fingerprint density at radius 3 is 2.82 bits per heavy atom. The molecule has 1 aromatic heterocycles. The van der Waals surface area contributed by atoms with Crippen LogP contribution in [-0.2, 0) is 0 Å². The maximum atomic E-state index is 12.5. The molecule has 3 N–H and O–H groups in total. The summed E-state index contributed by atoms with van der Waals surface area (Å²) in [5, 5.41) is 20.3. The number of amides is 1. The molecule has 1 aliphatic carbocycles. The molecule has 0 bridgehead atoms. The highest BCUT2D eigenvalue weighted by Gasteiger charge is 2.32. The normalized spacial score (nSPS) is 17.5. The third-order valence-electron chi connectivity index (χ3n) is 4.87. The molecular weight excluding hydrogens is 278 g/mol. The first-order chi connectivity index (χ1) is 10.7. The third-order valence-corrected chi connectivity index (χ3v) is 4.87. The number of aliphatic hydroxyl groups excluding tert-OH is 1. The number of aromatic nitrogens is 2. The Kier molecular flexibility index (Phi) is 4.43. The van der Waals surface area contributed by atoms with Crippen LogP contribution in [0.5, 0.6) is 0 Å². The molecule has 1 amide bonds. The Bertz CT molecular complexity index is 639. The number of benzene rings is 1. The van der Waals surface area contributed by atoms with Crippen LogP contribution in [0.3, 0.4) is 0 Å². The van der Waals surface area contributed by atoms with E-state index in [9.17, 15) is 9.90 Å². The van der Waals surface area contributed by atoms with Gasteiger partial charge in [0.15, 0.2) is 5.69 Å². The lowest BCUT2D eigenvalue weighted by molar-refractivity contribution is 0.0866. The van der Waals surface area contributed by atoms with E-state index < -0.39 is 0 Å². The molecule has 0 saturated heterocycles. The van der Waals surface area contributed by atoms with Crippen molar-refractivity contribution in [3.8, 4) is 0 Å². The van der Waals surface area contributed by atoms with Gasteiger partial charge >= 0.3 is 0 Å². The van der Waals surface area contributed by atoms with Crippen molar-refractivity contribution in [2.75, 3.05) is 13.2 Å². The van der Waals surface area contributed by atoms with Gasteiger partial charge in [0.05, 0.1) is 5.52 Å². The first kappa shape index (κ1) is 15.0. The average Bonchev–Trinajstić information content (AvgIpc) is 2.98. The van der Waals surface area contributed by atoms with E-state index in [1.165, 1.54) is 19.3 Å². The zero-order valence-electron chi connectivity index (χ0n) is 12.8. The van der Waals surface area contributed by atoms with Crippen molar-refractivity contribution in [2.24, 2.45) is 5.41 Å². The first-order valence-corrected chi connectivity index (χ1v) is 8.06. The molecule has 1 saturated carbocycles. The van der Waals surface area contributed by atoms with Crippen LogP contribution < -0.4 is 5.32 Å². The van der Waals surface area contributed by atoms with Crippen molar-refractivity contribution in [2.45, 2.75) is 38.5 Å². The van der Waals surface area contributed by atoms with Crippen molar-refractivity contribution < 1.29 is 9.90 Å². The summed E-state index contributed by atoms with van der Waals surface area (Å²) in [6.07, 6.45) is 6.53. The van der Waals surface area contributed by atoms with Crippen molar-refractivity contribution in [3.63, 3.8) is 0 Å². The number of H-pyrrole nitrogens is 1. The lowest BCUT2D eigenvalue weighted by atomic mass is 9.72. The molecule has 1 heterocycles. The topological polar surface area (TPSA) is 78.0 Å². The van der Waals surface area contributed by atoms with Crippen molar-refractivity contribution >= 4 is 16.8 Å². The van der Waals surface area contributed by atoms with E-state index in [1.54, 1.807) is 0 Å². The minimum atomic E-state index is -0.139. The van der Waals surface area contributed by atoms with Gasteiger partial charge in [-0.2, -0.15) is 5.10 Å². The van der Waals surface area contributed by atoms with Crippen LogP contribution >= 0.6 is 0 Å². The monoisotopic (exact) mass is 301 g/mol. The molecule has 2 aromatic rings. The third kappa shape index (κ3) is 2.99. The highest BCUT2D eigenvalue weighted by Crippen LogP contribution is 2.38. The van der Waals surface area contributed by atoms with E-state index in [-0.39, 0.29) is 17.9 Å². The van der Waals surface area contributed by atoms with Gasteiger partial charge in [-0.15, -0.1) is 0 Å².